The second-order valence-corrected chi connectivity index (χ2v) is 0.857. The molecule has 0 atom stereocenters. The largest absolute Gasteiger partial charge is 0.275 e. The molecular formula is CH5N5. The van der Waals surface area contributed by atoms with Crippen molar-refractivity contribution in [2.45, 2.75) is 0 Å². The minimum Gasteiger partial charge on any atom is -0.275 e. The lowest BCUT2D eigenvalue weighted by atomic mass is 11.4. The molecule has 1 rings (SSSR count). The highest BCUT2D eigenvalue weighted by Crippen LogP contribution is 1.63. The number of nitrogens with two attached hydrogens (primary N) is 1. The monoisotopic (exact) mass is 87.1 g/mol. The van der Waals surface area contributed by atoms with E-state index in [1.165, 1.54) is 6.34 Å². The number of hydrazine groups is 3. The van der Waals surface area contributed by atoms with Gasteiger partial charge in [0, 0.05) is 0 Å². The lowest BCUT2D eigenvalue weighted by Crippen LogP contribution is -2.44. The molecule has 0 bridgehead atoms. The molecule has 1 aliphatic heterocycles. The van der Waals surface area contributed by atoms with E-state index in [0.29, 0.717) is 0 Å². The average Bonchev–Trinajstić information content (AvgIpc) is 1.86. The van der Waals surface area contributed by atoms with Crippen LogP contribution in [0.3, 0.4) is 0 Å². The summed E-state index contributed by atoms with van der Waals surface area (Å²) < 4.78 is 0. The van der Waals surface area contributed by atoms with Crippen LogP contribution in [0.15, 0.2) is 5.10 Å². The normalized spacial score (nSPS) is 20.2. The fourth-order valence-electron chi connectivity index (χ4n) is 0.211. The molecule has 0 saturated carbocycles. The molecule has 0 saturated heterocycles. The standard InChI is InChI=1S/CH5N5/c2-6-4-1-3-5-6/h1,5H,2H2,(H,3,4). The summed E-state index contributed by atoms with van der Waals surface area (Å²) in [6, 6.07) is 0. The van der Waals surface area contributed by atoms with E-state index in [4.69, 9.17) is 5.84 Å². The first-order chi connectivity index (χ1) is 2.89. The van der Waals surface area contributed by atoms with Crippen LogP contribution in [0.25, 0.3) is 0 Å². The van der Waals surface area contributed by atoms with Gasteiger partial charge >= 0.3 is 0 Å². The van der Waals surface area contributed by atoms with Crippen LogP contribution in [-0.2, 0) is 0 Å². The Morgan fingerprint density at radius 3 is 2.83 bits per heavy atom. The molecule has 0 radical (unpaired) electrons. The van der Waals surface area contributed by atoms with Crippen molar-refractivity contribution in [2.24, 2.45) is 10.9 Å². The molecule has 6 heavy (non-hydrogen) atoms. The predicted octanol–water partition coefficient (Wildman–Crippen LogP) is -1.87. The van der Waals surface area contributed by atoms with Crippen molar-refractivity contribution in [1.82, 2.24) is 16.2 Å². The molecule has 0 unspecified atom stereocenters. The van der Waals surface area contributed by atoms with Gasteiger partial charge in [0.15, 0.2) is 0 Å². The van der Waals surface area contributed by atoms with Gasteiger partial charge in [-0.1, -0.05) is 5.23 Å². The second-order valence-electron chi connectivity index (χ2n) is 0.857. The van der Waals surface area contributed by atoms with E-state index in [1.807, 2.05) is 0 Å². The third-order valence-electron chi connectivity index (χ3n) is 0.427. The molecule has 0 spiro atoms. The first-order valence-corrected chi connectivity index (χ1v) is 1.48. The van der Waals surface area contributed by atoms with Crippen LogP contribution in [0.1, 0.15) is 0 Å². The van der Waals surface area contributed by atoms with E-state index in [0.717, 1.165) is 5.23 Å². The Morgan fingerprint density at radius 1 is 1.83 bits per heavy atom. The Labute approximate surface area is 34.7 Å². The van der Waals surface area contributed by atoms with Crippen LogP contribution < -0.4 is 16.8 Å². The molecule has 5 heteroatoms. The second kappa shape index (κ2) is 1.11. The zero-order valence-corrected chi connectivity index (χ0v) is 3.05. The summed E-state index contributed by atoms with van der Waals surface area (Å²) in [7, 11) is 0. The molecule has 0 aliphatic carbocycles. The summed E-state index contributed by atoms with van der Waals surface area (Å²) in [5.74, 6) is 5.02. The van der Waals surface area contributed by atoms with Gasteiger partial charge in [-0.25, -0.2) is 11.4 Å². The Hall–Kier alpha value is -0.810. The van der Waals surface area contributed by atoms with Gasteiger partial charge in [-0.15, -0.1) is 0 Å². The molecule has 0 amide bonds. The smallest absolute Gasteiger partial charge is 0.127 e. The minimum atomic E-state index is 1.14. The summed E-state index contributed by atoms with van der Waals surface area (Å²) in [6.07, 6.45) is 1.44. The lowest BCUT2D eigenvalue weighted by Gasteiger charge is -2.02. The van der Waals surface area contributed by atoms with E-state index >= 15 is 0 Å². The van der Waals surface area contributed by atoms with E-state index in [-0.39, 0.29) is 0 Å². The highest BCUT2D eigenvalue weighted by atomic mass is 15.9. The fraction of sp³-hybridized carbons (Fsp3) is 0. The number of nitrogens with zero attached hydrogens (tertiary/aromatic N) is 2. The van der Waals surface area contributed by atoms with Gasteiger partial charge in [0.05, 0.1) is 0 Å². The summed E-state index contributed by atoms with van der Waals surface area (Å²) in [5.41, 5.74) is 4.92. The van der Waals surface area contributed by atoms with Crippen molar-refractivity contribution in [3.05, 3.63) is 0 Å². The Kier molecular flexibility index (Phi) is 0.627. The minimum absolute atomic E-state index is 1.14. The highest BCUT2D eigenvalue weighted by Gasteiger charge is 1.92. The van der Waals surface area contributed by atoms with Crippen molar-refractivity contribution in [1.29, 1.82) is 0 Å². The van der Waals surface area contributed by atoms with Crippen LogP contribution in [0, 0.1) is 0 Å². The summed E-state index contributed by atoms with van der Waals surface area (Å²) in [4.78, 5) is 0. The molecule has 0 aromatic carbocycles. The Bertz CT molecular complexity index is 58.3. The van der Waals surface area contributed by atoms with Crippen molar-refractivity contribution in [3.8, 4) is 0 Å². The van der Waals surface area contributed by atoms with Crippen LogP contribution in [0.5, 0.6) is 0 Å². The van der Waals surface area contributed by atoms with Gasteiger partial charge in [-0.3, -0.25) is 5.43 Å². The van der Waals surface area contributed by atoms with Crippen molar-refractivity contribution < 1.29 is 0 Å². The van der Waals surface area contributed by atoms with Crippen molar-refractivity contribution in [2.75, 3.05) is 0 Å². The maximum atomic E-state index is 5.02. The molecule has 1 aliphatic rings. The van der Waals surface area contributed by atoms with Gasteiger partial charge in [-0.2, -0.15) is 5.10 Å². The van der Waals surface area contributed by atoms with E-state index < -0.39 is 0 Å². The topological polar surface area (TPSA) is 65.7 Å². The van der Waals surface area contributed by atoms with Gasteiger partial charge in [0.2, 0.25) is 0 Å². The maximum absolute atomic E-state index is 5.02. The SMILES string of the molecule is NN1NC=NN1. The highest BCUT2D eigenvalue weighted by molar-refractivity contribution is 5.53. The van der Waals surface area contributed by atoms with Crippen LogP contribution in [0.4, 0.5) is 0 Å². The number of hydrazone groups is 1. The zero-order valence-electron chi connectivity index (χ0n) is 3.05. The number of nitrogens with one attached hydrogen (secondary N) is 2. The molecular weight excluding hydrogens is 82.0 g/mol. The van der Waals surface area contributed by atoms with Gasteiger partial charge in [-0.05, 0) is 0 Å². The van der Waals surface area contributed by atoms with E-state index in [1.54, 1.807) is 0 Å². The number of hydrogen-bond acceptors (Lipinski definition) is 5. The van der Waals surface area contributed by atoms with Gasteiger partial charge < -0.3 is 0 Å². The molecule has 4 N–H and O–H groups in total. The van der Waals surface area contributed by atoms with E-state index in [2.05, 4.69) is 16.1 Å². The average molecular weight is 87.1 g/mol. The first kappa shape index (κ1) is 3.38. The summed E-state index contributed by atoms with van der Waals surface area (Å²) in [5, 5.41) is 4.62. The molecule has 0 aromatic heterocycles. The third kappa shape index (κ3) is 0.399. The third-order valence-corrected chi connectivity index (χ3v) is 0.427. The van der Waals surface area contributed by atoms with Crippen LogP contribution >= 0.6 is 0 Å². The molecule has 0 aromatic rings. The predicted molar refractivity (Wildman–Crippen MR) is 20.8 cm³/mol. The van der Waals surface area contributed by atoms with Crippen molar-refractivity contribution in [3.63, 3.8) is 0 Å². The lowest BCUT2D eigenvalue weighted by molar-refractivity contribution is 0.185. The summed E-state index contributed by atoms with van der Waals surface area (Å²) >= 11 is 0. The Morgan fingerprint density at radius 2 is 2.67 bits per heavy atom. The summed E-state index contributed by atoms with van der Waals surface area (Å²) in [6.45, 7) is 0. The first-order valence-electron chi connectivity index (χ1n) is 1.48. The van der Waals surface area contributed by atoms with E-state index in [9.17, 15) is 0 Å². The van der Waals surface area contributed by atoms with Crippen molar-refractivity contribution >= 4 is 6.34 Å². The molecule has 34 valence electrons. The van der Waals surface area contributed by atoms with Crippen LogP contribution in [0.2, 0.25) is 0 Å². The number of hydrogen-bond donors (Lipinski definition) is 3. The van der Waals surface area contributed by atoms with Crippen LogP contribution in [-0.4, -0.2) is 11.6 Å². The fourth-order valence-corrected chi connectivity index (χ4v) is 0.211. The van der Waals surface area contributed by atoms with Gasteiger partial charge in [0.1, 0.15) is 6.34 Å². The maximum Gasteiger partial charge on any atom is 0.127 e. The van der Waals surface area contributed by atoms with Gasteiger partial charge in [0.25, 0.3) is 0 Å². The number of rotatable bonds is 0. The Balaban J connectivity index is 2.32. The zero-order chi connectivity index (χ0) is 4.41. The molecule has 5 nitrogen and oxygen atoms in total. The molecule has 0 fully saturated rings. The molecule has 1 heterocycles. The quantitative estimate of drug-likeness (QED) is 0.303.